The summed E-state index contributed by atoms with van der Waals surface area (Å²) in [6.07, 6.45) is 0.987. The molecule has 0 spiro atoms. The molecule has 1 aliphatic carbocycles. The molecule has 1 saturated carbocycles. The Morgan fingerprint density at radius 3 is 2.21 bits per heavy atom. The van der Waals surface area contributed by atoms with E-state index in [9.17, 15) is 23.4 Å². The first kappa shape index (κ1) is 14.3. The van der Waals surface area contributed by atoms with Crippen molar-refractivity contribution < 1.29 is 23.4 Å². The van der Waals surface area contributed by atoms with Crippen LogP contribution < -0.4 is 0 Å². The monoisotopic (exact) mass is 304 g/mol. The molecule has 19 heavy (non-hydrogen) atoms. The van der Waals surface area contributed by atoms with Gasteiger partial charge in [-0.3, -0.25) is 4.79 Å². The van der Waals surface area contributed by atoms with Gasteiger partial charge in [-0.15, -0.1) is 0 Å². The third-order valence-electron chi connectivity index (χ3n) is 3.61. The molecular weight excluding hydrogens is 292 g/mol. The first-order chi connectivity index (χ1) is 8.75. The number of hydrogen-bond acceptors (Lipinski definition) is 4. The lowest BCUT2D eigenvalue weighted by atomic mass is 10.0. The zero-order valence-electron chi connectivity index (χ0n) is 10.1. The zero-order valence-corrected chi connectivity index (χ0v) is 11.6. The lowest BCUT2D eigenvalue weighted by Gasteiger charge is -2.08. The van der Waals surface area contributed by atoms with Crippen molar-refractivity contribution in [2.45, 2.75) is 11.2 Å². The molecule has 0 aromatic heterocycles. The molecule has 1 aliphatic rings. The molecule has 0 aliphatic heterocycles. The van der Waals surface area contributed by atoms with Gasteiger partial charge in [-0.25, -0.2) is 8.42 Å². The molecule has 104 valence electrons. The summed E-state index contributed by atoms with van der Waals surface area (Å²) in [6, 6.07) is 6.31. The first-order valence-electron chi connectivity index (χ1n) is 5.53. The van der Waals surface area contributed by atoms with Gasteiger partial charge in [0.1, 0.15) is 5.41 Å². The van der Waals surface area contributed by atoms with Crippen LogP contribution in [0.1, 0.15) is 11.5 Å². The number of benzene rings is 1. The number of carboxylic acids is 1. The number of rotatable bonds is 4. The fourth-order valence-corrected chi connectivity index (χ4v) is 4.71. The predicted octanol–water partition coefficient (Wildman–Crippen LogP) is 0.914. The van der Waals surface area contributed by atoms with E-state index in [4.69, 9.17) is 11.6 Å². The van der Waals surface area contributed by atoms with Gasteiger partial charge in [-0.1, -0.05) is 23.7 Å². The van der Waals surface area contributed by atoms with Crippen LogP contribution in [-0.4, -0.2) is 42.7 Å². The van der Waals surface area contributed by atoms with Gasteiger partial charge >= 0.3 is 5.97 Å². The second-order valence-corrected chi connectivity index (χ2v) is 7.39. The van der Waals surface area contributed by atoms with E-state index < -0.39 is 39.0 Å². The molecule has 0 heterocycles. The van der Waals surface area contributed by atoms with Gasteiger partial charge in [0.2, 0.25) is 0 Å². The largest absolute Gasteiger partial charge is 0.481 e. The SMILES string of the molecule is CS(=O)(=O)[C@H]1[C@@H](c2ccc(Cl)cc2)[C@@]1(CO)C(=O)O. The Bertz CT molecular complexity index is 610. The minimum atomic E-state index is -3.58. The fraction of sp³-hybridized carbons (Fsp3) is 0.417. The third-order valence-corrected chi connectivity index (χ3v) is 5.47. The van der Waals surface area contributed by atoms with E-state index in [0.717, 1.165) is 6.26 Å². The number of aliphatic carboxylic acids is 1. The van der Waals surface area contributed by atoms with Crippen molar-refractivity contribution in [3.8, 4) is 0 Å². The number of aliphatic hydroxyl groups is 1. The van der Waals surface area contributed by atoms with Crippen LogP contribution in [0.2, 0.25) is 5.02 Å². The van der Waals surface area contributed by atoms with Crippen LogP contribution in [0.5, 0.6) is 0 Å². The van der Waals surface area contributed by atoms with Crippen LogP contribution in [0, 0.1) is 5.41 Å². The number of hydrogen-bond donors (Lipinski definition) is 2. The van der Waals surface area contributed by atoms with Gasteiger partial charge in [-0.2, -0.15) is 0 Å². The van der Waals surface area contributed by atoms with E-state index in [-0.39, 0.29) is 0 Å². The second-order valence-electron chi connectivity index (χ2n) is 4.78. The number of carbonyl (C=O) groups is 1. The van der Waals surface area contributed by atoms with Crippen molar-refractivity contribution in [2.75, 3.05) is 12.9 Å². The summed E-state index contributed by atoms with van der Waals surface area (Å²) in [5.74, 6) is -2.05. The minimum absolute atomic E-state index is 0.477. The molecule has 0 unspecified atom stereocenters. The standard InChI is InChI=1S/C12H13ClO5S/c1-19(17,18)10-9(12(10,6-14)11(15)16)7-2-4-8(13)5-3-7/h2-5,9-10,14H,6H2,1H3,(H,15,16)/t9-,10+,12-/m1/s1. The Morgan fingerprint density at radius 2 is 1.89 bits per heavy atom. The molecule has 0 bridgehead atoms. The van der Waals surface area contributed by atoms with Crippen molar-refractivity contribution in [1.82, 2.24) is 0 Å². The second kappa shape index (κ2) is 4.47. The summed E-state index contributed by atoms with van der Waals surface area (Å²) >= 11 is 5.75. The topological polar surface area (TPSA) is 91.7 Å². The summed E-state index contributed by atoms with van der Waals surface area (Å²) in [4.78, 5) is 11.4. The Labute approximate surface area is 115 Å². The van der Waals surface area contributed by atoms with Crippen LogP contribution in [0.25, 0.3) is 0 Å². The van der Waals surface area contributed by atoms with Crippen molar-refractivity contribution in [2.24, 2.45) is 5.41 Å². The van der Waals surface area contributed by atoms with Gasteiger partial charge in [0.05, 0.1) is 11.9 Å². The predicted molar refractivity (Wildman–Crippen MR) is 70.0 cm³/mol. The van der Waals surface area contributed by atoms with E-state index in [1.54, 1.807) is 24.3 Å². The molecule has 1 aromatic rings. The number of sulfone groups is 1. The van der Waals surface area contributed by atoms with Crippen LogP contribution in [-0.2, 0) is 14.6 Å². The Balaban J connectivity index is 2.50. The highest BCUT2D eigenvalue weighted by molar-refractivity contribution is 7.91. The van der Waals surface area contributed by atoms with Crippen LogP contribution >= 0.6 is 11.6 Å². The average Bonchev–Trinajstić information content (AvgIpc) is 3.00. The summed E-state index contributed by atoms with van der Waals surface area (Å²) in [6.45, 7) is -0.715. The maximum absolute atomic E-state index is 11.7. The average molecular weight is 305 g/mol. The van der Waals surface area contributed by atoms with E-state index in [1.165, 1.54) is 0 Å². The van der Waals surface area contributed by atoms with E-state index in [2.05, 4.69) is 0 Å². The number of carboxylic acid groups (broad SMARTS) is 1. The molecule has 3 atom stereocenters. The highest BCUT2D eigenvalue weighted by Crippen LogP contribution is 2.62. The maximum atomic E-state index is 11.7. The minimum Gasteiger partial charge on any atom is -0.481 e. The smallest absolute Gasteiger partial charge is 0.314 e. The molecular formula is C12H13ClO5S. The highest BCUT2D eigenvalue weighted by Gasteiger charge is 2.74. The van der Waals surface area contributed by atoms with Gasteiger partial charge < -0.3 is 10.2 Å². The lowest BCUT2D eigenvalue weighted by molar-refractivity contribution is -0.145. The van der Waals surface area contributed by atoms with E-state index in [0.29, 0.717) is 10.6 Å². The Kier molecular flexibility index (Phi) is 3.36. The summed E-state index contributed by atoms with van der Waals surface area (Å²) in [5, 5.41) is 18.0. The number of aliphatic hydroxyl groups excluding tert-OH is 1. The summed E-state index contributed by atoms with van der Waals surface area (Å²) in [5.41, 5.74) is -1.10. The molecule has 2 rings (SSSR count). The molecule has 1 fully saturated rings. The van der Waals surface area contributed by atoms with E-state index >= 15 is 0 Å². The number of halogens is 1. The van der Waals surface area contributed by atoms with Gasteiger partial charge in [-0.05, 0) is 17.7 Å². The summed E-state index contributed by atoms with van der Waals surface area (Å²) < 4.78 is 23.4. The zero-order chi connectivity index (χ0) is 14.4. The van der Waals surface area contributed by atoms with Crippen LogP contribution in [0.15, 0.2) is 24.3 Å². The quantitative estimate of drug-likeness (QED) is 0.863. The van der Waals surface area contributed by atoms with Crippen molar-refractivity contribution in [3.63, 3.8) is 0 Å². The van der Waals surface area contributed by atoms with Gasteiger partial charge in [0.15, 0.2) is 9.84 Å². The van der Waals surface area contributed by atoms with E-state index in [1.807, 2.05) is 0 Å². The van der Waals surface area contributed by atoms with Crippen LogP contribution in [0.3, 0.4) is 0 Å². The normalized spacial score (nSPS) is 30.1. The van der Waals surface area contributed by atoms with Gasteiger partial charge in [0, 0.05) is 17.2 Å². The molecule has 0 amide bonds. The first-order valence-corrected chi connectivity index (χ1v) is 7.87. The Morgan fingerprint density at radius 1 is 1.37 bits per heavy atom. The lowest BCUT2D eigenvalue weighted by Crippen LogP contribution is -2.27. The Hall–Kier alpha value is -1.11. The molecule has 2 N–H and O–H groups in total. The summed E-state index contributed by atoms with van der Waals surface area (Å²) in [7, 11) is -3.58. The molecule has 7 heteroatoms. The molecule has 5 nitrogen and oxygen atoms in total. The maximum Gasteiger partial charge on any atom is 0.314 e. The molecule has 0 radical (unpaired) electrons. The van der Waals surface area contributed by atoms with Crippen molar-refractivity contribution >= 4 is 27.4 Å². The third kappa shape index (κ3) is 2.13. The van der Waals surface area contributed by atoms with Crippen molar-refractivity contribution in [3.05, 3.63) is 34.9 Å². The fourth-order valence-electron chi connectivity index (χ4n) is 2.69. The highest BCUT2D eigenvalue weighted by atomic mass is 35.5. The molecule has 0 saturated heterocycles. The van der Waals surface area contributed by atoms with Gasteiger partial charge in [0.25, 0.3) is 0 Å². The van der Waals surface area contributed by atoms with Crippen molar-refractivity contribution in [1.29, 1.82) is 0 Å². The molecule has 1 aromatic carbocycles. The van der Waals surface area contributed by atoms with Crippen LogP contribution in [0.4, 0.5) is 0 Å².